The first-order valence-electron chi connectivity index (χ1n) is 7.86. The third-order valence-electron chi connectivity index (χ3n) is 4.18. The SMILES string of the molecule is CCc1cc(N)cc(C(CC)(Nc2ccc(C#N)cc2)C(=O)O)c1. The number of carboxylic acids is 1. The molecule has 0 radical (unpaired) electrons. The number of aryl methyl sites for hydroxylation is 1. The Labute approximate surface area is 141 Å². The van der Waals surface area contributed by atoms with Gasteiger partial charge >= 0.3 is 5.97 Å². The van der Waals surface area contributed by atoms with E-state index in [4.69, 9.17) is 11.0 Å². The minimum absolute atomic E-state index is 0.342. The Morgan fingerprint density at radius 2 is 1.92 bits per heavy atom. The third-order valence-corrected chi connectivity index (χ3v) is 4.18. The van der Waals surface area contributed by atoms with E-state index in [1.54, 1.807) is 30.3 Å². The second kappa shape index (κ2) is 7.05. The zero-order valence-corrected chi connectivity index (χ0v) is 13.8. The van der Waals surface area contributed by atoms with Crippen molar-refractivity contribution in [1.82, 2.24) is 0 Å². The highest BCUT2D eigenvalue weighted by molar-refractivity contribution is 5.85. The highest BCUT2D eigenvalue weighted by Crippen LogP contribution is 2.32. The van der Waals surface area contributed by atoms with Gasteiger partial charge in [-0.1, -0.05) is 19.9 Å². The Morgan fingerprint density at radius 1 is 1.25 bits per heavy atom. The van der Waals surface area contributed by atoms with Crippen molar-refractivity contribution in [2.75, 3.05) is 11.1 Å². The van der Waals surface area contributed by atoms with Gasteiger partial charge in [0.2, 0.25) is 0 Å². The van der Waals surface area contributed by atoms with Crippen molar-refractivity contribution < 1.29 is 9.90 Å². The molecular weight excluding hydrogens is 302 g/mol. The first-order chi connectivity index (χ1) is 11.4. The van der Waals surface area contributed by atoms with Crippen LogP contribution in [0.2, 0.25) is 0 Å². The van der Waals surface area contributed by atoms with Gasteiger partial charge in [0.15, 0.2) is 5.54 Å². The van der Waals surface area contributed by atoms with E-state index in [0.29, 0.717) is 28.9 Å². The first kappa shape index (κ1) is 17.4. The van der Waals surface area contributed by atoms with E-state index in [2.05, 4.69) is 5.32 Å². The van der Waals surface area contributed by atoms with E-state index in [1.165, 1.54) is 0 Å². The molecule has 0 saturated carbocycles. The Balaban J connectivity index is 2.51. The summed E-state index contributed by atoms with van der Waals surface area (Å²) in [5, 5.41) is 21.9. The summed E-state index contributed by atoms with van der Waals surface area (Å²) in [6, 6.07) is 14.2. The fraction of sp³-hybridized carbons (Fsp3) is 0.263. The molecule has 0 saturated heterocycles. The number of carbonyl (C=O) groups is 1. The lowest BCUT2D eigenvalue weighted by Crippen LogP contribution is -2.43. The molecule has 0 aliphatic carbocycles. The Kier molecular flexibility index (Phi) is 5.10. The minimum Gasteiger partial charge on any atom is -0.479 e. The van der Waals surface area contributed by atoms with E-state index in [1.807, 2.05) is 32.0 Å². The quantitative estimate of drug-likeness (QED) is 0.707. The number of rotatable bonds is 6. The van der Waals surface area contributed by atoms with Gasteiger partial charge in [0.1, 0.15) is 0 Å². The van der Waals surface area contributed by atoms with Gasteiger partial charge in [0.25, 0.3) is 0 Å². The molecule has 0 aliphatic heterocycles. The van der Waals surface area contributed by atoms with Crippen molar-refractivity contribution in [3.8, 4) is 6.07 Å². The molecule has 2 aromatic carbocycles. The number of hydrogen-bond donors (Lipinski definition) is 3. The smallest absolute Gasteiger partial charge is 0.334 e. The van der Waals surface area contributed by atoms with Gasteiger partial charge in [0, 0.05) is 11.4 Å². The van der Waals surface area contributed by atoms with Gasteiger partial charge in [0.05, 0.1) is 11.6 Å². The van der Waals surface area contributed by atoms with Crippen LogP contribution in [0.3, 0.4) is 0 Å². The highest BCUT2D eigenvalue weighted by atomic mass is 16.4. The number of carboxylic acid groups (broad SMARTS) is 1. The zero-order valence-electron chi connectivity index (χ0n) is 13.8. The molecule has 0 bridgehead atoms. The van der Waals surface area contributed by atoms with Crippen LogP contribution in [0.1, 0.15) is 37.0 Å². The average Bonchev–Trinajstić information content (AvgIpc) is 2.59. The van der Waals surface area contributed by atoms with Crippen LogP contribution in [0, 0.1) is 11.3 Å². The fourth-order valence-electron chi connectivity index (χ4n) is 2.74. The van der Waals surface area contributed by atoms with Crippen LogP contribution in [0.5, 0.6) is 0 Å². The molecule has 0 amide bonds. The van der Waals surface area contributed by atoms with E-state index >= 15 is 0 Å². The Morgan fingerprint density at radius 3 is 2.42 bits per heavy atom. The third kappa shape index (κ3) is 3.33. The summed E-state index contributed by atoms with van der Waals surface area (Å²) >= 11 is 0. The molecule has 2 aromatic rings. The molecule has 0 fully saturated rings. The van der Waals surface area contributed by atoms with Crippen LogP contribution in [-0.4, -0.2) is 11.1 Å². The molecule has 1 atom stereocenters. The molecule has 0 aromatic heterocycles. The van der Waals surface area contributed by atoms with Gasteiger partial charge in [-0.3, -0.25) is 0 Å². The molecule has 124 valence electrons. The summed E-state index contributed by atoms with van der Waals surface area (Å²) in [5.74, 6) is -0.970. The summed E-state index contributed by atoms with van der Waals surface area (Å²) in [4.78, 5) is 12.1. The highest BCUT2D eigenvalue weighted by Gasteiger charge is 2.39. The fourth-order valence-corrected chi connectivity index (χ4v) is 2.74. The topological polar surface area (TPSA) is 99.1 Å². The zero-order chi connectivity index (χ0) is 17.7. The van der Waals surface area contributed by atoms with Gasteiger partial charge in [-0.15, -0.1) is 0 Å². The molecule has 4 N–H and O–H groups in total. The number of hydrogen-bond acceptors (Lipinski definition) is 4. The molecular formula is C19H21N3O2. The predicted molar refractivity (Wildman–Crippen MR) is 94.6 cm³/mol. The molecule has 1 unspecified atom stereocenters. The lowest BCUT2D eigenvalue weighted by Gasteiger charge is -2.31. The second-order valence-electron chi connectivity index (χ2n) is 5.70. The largest absolute Gasteiger partial charge is 0.479 e. The van der Waals surface area contributed by atoms with E-state index in [9.17, 15) is 9.90 Å². The lowest BCUT2D eigenvalue weighted by molar-refractivity contribution is -0.142. The van der Waals surface area contributed by atoms with Gasteiger partial charge in [-0.25, -0.2) is 4.79 Å². The summed E-state index contributed by atoms with van der Waals surface area (Å²) in [5.41, 5.74) is 8.00. The minimum atomic E-state index is -1.28. The molecule has 5 heteroatoms. The number of nitrogens with one attached hydrogen (secondary N) is 1. The number of nitrogens with zero attached hydrogens (tertiary/aromatic N) is 1. The van der Waals surface area contributed by atoms with Crippen LogP contribution in [0.4, 0.5) is 11.4 Å². The van der Waals surface area contributed by atoms with Crippen molar-refractivity contribution in [3.05, 3.63) is 59.2 Å². The van der Waals surface area contributed by atoms with E-state index in [-0.39, 0.29) is 0 Å². The van der Waals surface area contributed by atoms with Crippen LogP contribution in [0.25, 0.3) is 0 Å². The maximum Gasteiger partial charge on any atom is 0.334 e. The maximum absolute atomic E-state index is 12.1. The normalized spacial score (nSPS) is 12.9. The van der Waals surface area contributed by atoms with Crippen molar-refractivity contribution in [3.63, 3.8) is 0 Å². The Bertz CT molecular complexity index is 778. The van der Waals surface area contributed by atoms with E-state index < -0.39 is 11.5 Å². The summed E-state index contributed by atoms with van der Waals surface area (Å²) < 4.78 is 0. The molecule has 5 nitrogen and oxygen atoms in total. The van der Waals surface area contributed by atoms with Crippen LogP contribution >= 0.6 is 0 Å². The summed E-state index contributed by atoms with van der Waals surface area (Å²) in [6.07, 6.45) is 1.11. The average molecular weight is 323 g/mol. The van der Waals surface area contributed by atoms with Crippen molar-refractivity contribution in [2.24, 2.45) is 0 Å². The van der Waals surface area contributed by atoms with Crippen LogP contribution in [-0.2, 0) is 16.8 Å². The number of aliphatic carboxylic acids is 1. The molecule has 0 heterocycles. The van der Waals surface area contributed by atoms with Crippen molar-refractivity contribution >= 4 is 17.3 Å². The monoisotopic (exact) mass is 323 g/mol. The van der Waals surface area contributed by atoms with Crippen LogP contribution in [0.15, 0.2) is 42.5 Å². The number of nitriles is 1. The van der Waals surface area contributed by atoms with Crippen molar-refractivity contribution in [2.45, 2.75) is 32.2 Å². The number of benzene rings is 2. The lowest BCUT2D eigenvalue weighted by atomic mass is 9.85. The summed E-state index contributed by atoms with van der Waals surface area (Å²) in [7, 11) is 0. The molecule has 0 spiro atoms. The standard InChI is InChI=1S/C19H21N3O2/c1-3-13-9-15(11-16(21)10-13)19(4-2,18(23)24)22-17-7-5-14(12-20)6-8-17/h5-11,22H,3-4,21H2,1-2H3,(H,23,24). The van der Waals surface area contributed by atoms with Crippen LogP contribution < -0.4 is 11.1 Å². The first-order valence-corrected chi connectivity index (χ1v) is 7.86. The van der Waals surface area contributed by atoms with Gasteiger partial charge in [-0.05, 0) is 60.4 Å². The predicted octanol–water partition coefficient (Wildman–Crippen LogP) is 3.50. The van der Waals surface area contributed by atoms with Gasteiger partial charge in [-0.2, -0.15) is 5.26 Å². The van der Waals surface area contributed by atoms with Crippen molar-refractivity contribution in [1.29, 1.82) is 5.26 Å². The van der Waals surface area contributed by atoms with E-state index in [0.717, 1.165) is 12.0 Å². The maximum atomic E-state index is 12.1. The molecule has 24 heavy (non-hydrogen) atoms. The molecule has 0 aliphatic rings. The molecule has 2 rings (SSSR count). The second-order valence-corrected chi connectivity index (χ2v) is 5.70. The number of nitrogens with two attached hydrogens (primary N) is 1. The number of nitrogen functional groups attached to an aromatic ring is 1. The Hall–Kier alpha value is -3.00. The number of anilines is 2. The van der Waals surface area contributed by atoms with Gasteiger partial charge < -0.3 is 16.2 Å². The summed E-state index contributed by atoms with van der Waals surface area (Å²) in [6.45, 7) is 3.82.